The number of hydrogen-bond acceptors (Lipinski definition) is 5. The van der Waals surface area contributed by atoms with Gasteiger partial charge < -0.3 is 10.4 Å². The van der Waals surface area contributed by atoms with Crippen molar-refractivity contribution < 1.29 is 14.7 Å². The number of benzene rings is 2. The van der Waals surface area contributed by atoms with Crippen LogP contribution in [0, 0.1) is 18.3 Å². The smallest absolute Gasteiger partial charge is 0.271 e. The minimum Gasteiger partial charge on any atom is -0.506 e. The summed E-state index contributed by atoms with van der Waals surface area (Å²) in [5.41, 5.74) is 2.58. The molecule has 28 heavy (non-hydrogen) atoms. The van der Waals surface area contributed by atoms with Crippen LogP contribution in [0.2, 0.25) is 0 Å². The van der Waals surface area contributed by atoms with Gasteiger partial charge in [0, 0.05) is 6.20 Å². The Hall–Kier alpha value is -3.85. The van der Waals surface area contributed by atoms with Crippen LogP contribution < -0.4 is 5.32 Å². The number of aryl methyl sites for hydroxylation is 1. The van der Waals surface area contributed by atoms with E-state index in [1.165, 1.54) is 6.20 Å². The Morgan fingerprint density at radius 1 is 1.11 bits per heavy atom. The van der Waals surface area contributed by atoms with E-state index in [1.807, 2.05) is 43.3 Å². The van der Waals surface area contributed by atoms with Gasteiger partial charge in [-0.3, -0.25) is 14.5 Å². The normalized spacial score (nSPS) is 15.8. The maximum Gasteiger partial charge on any atom is 0.271 e. The molecule has 0 spiro atoms. The van der Waals surface area contributed by atoms with E-state index in [1.54, 1.807) is 25.1 Å². The molecule has 2 amide bonds. The van der Waals surface area contributed by atoms with Gasteiger partial charge in [-0.05, 0) is 42.7 Å². The minimum absolute atomic E-state index is 0.0325. The van der Waals surface area contributed by atoms with Gasteiger partial charge in [-0.2, -0.15) is 5.26 Å². The monoisotopic (exact) mass is 373 g/mol. The number of anilines is 1. The summed E-state index contributed by atoms with van der Waals surface area (Å²) < 4.78 is 0. The number of amides is 2. The molecule has 1 aliphatic heterocycles. The lowest BCUT2D eigenvalue weighted by atomic mass is 9.95. The fourth-order valence-corrected chi connectivity index (χ4v) is 2.95. The number of aromatic hydroxyl groups is 1. The van der Waals surface area contributed by atoms with Gasteiger partial charge in [-0.1, -0.05) is 36.4 Å². The molecule has 1 heterocycles. The number of phenols is 1. The molecule has 0 radical (unpaired) electrons. The maximum atomic E-state index is 13.0. The number of rotatable bonds is 4. The largest absolute Gasteiger partial charge is 0.506 e. The van der Waals surface area contributed by atoms with Crippen molar-refractivity contribution >= 4 is 17.5 Å². The number of carbonyl (C=O) groups excluding carboxylic acids is 2. The van der Waals surface area contributed by atoms with Crippen LogP contribution in [0.3, 0.4) is 0 Å². The summed E-state index contributed by atoms with van der Waals surface area (Å²) in [7, 11) is 0. The van der Waals surface area contributed by atoms with E-state index in [-0.39, 0.29) is 23.4 Å². The van der Waals surface area contributed by atoms with Gasteiger partial charge in [0.1, 0.15) is 17.4 Å². The summed E-state index contributed by atoms with van der Waals surface area (Å²) in [6, 6.07) is 16.1. The van der Waals surface area contributed by atoms with Crippen molar-refractivity contribution in [3.63, 3.8) is 0 Å². The van der Waals surface area contributed by atoms with Crippen LogP contribution in [-0.2, 0) is 16.1 Å². The van der Waals surface area contributed by atoms with Crippen molar-refractivity contribution in [2.75, 3.05) is 5.32 Å². The summed E-state index contributed by atoms with van der Waals surface area (Å²) >= 11 is 0. The first-order valence-electron chi connectivity index (χ1n) is 8.70. The molecule has 6 nitrogen and oxygen atoms in total. The van der Waals surface area contributed by atoms with Crippen molar-refractivity contribution in [3.8, 4) is 11.8 Å². The molecule has 140 valence electrons. The van der Waals surface area contributed by atoms with Crippen LogP contribution in [0.5, 0.6) is 5.75 Å². The number of nitriles is 1. The van der Waals surface area contributed by atoms with Crippen molar-refractivity contribution in [1.29, 1.82) is 5.26 Å². The highest BCUT2D eigenvalue weighted by molar-refractivity contribution is 6.18. The quantitative estimate of drug-likeness (QED) is 0.487. The average molecular weight is 373 g/mol. The molecule has 3 rings (SSSR count). The van der Waals surface area contributed by atoms with E-state index in [9.17, 15) is 20.0 Å². The first kappa shape index (κ1) is 18.9. The van der Waals surface area contributed by atoms with Crippen LogP contribution in [0.1, 0.15) is 18.1 Å². The molecular formula is C22H19N3O3. The van der Waals surface area contributed by atoms with Crippen molar-refractivity contribution in [3.05, 3.63) is 82.6 Å². The molecule has 0 bridgehead atoms. The zero-order valence-electron chi connectivity index (χ0n) is 15.6. The molecule has 0 atom stereocenters. The number of hydrogen-bond donors (Lipinski definition) is 2. The number of phenolic OH excluding ortho intramolecular Hbond substituents is 1. The molecule has 6 heteroatoms. The number of nitrogens with zero attached hydrogens (tertiary/aromatic N) is 2. The van der Waals surface area contributed by atoms with E-state index in [2.05, 4.69) is 5.32 Å². The molecule has 0 unspecified atom stereocenters. The Balaban J connectivity index is 1.98. The fourth-order valence-electron chi connectivity index (χ4n) is 2.95. The molecule has 0 fully saturated rings. The van der Waals surface area contributed by atoms with Crippen LogP contribution in [0.4, 0.5) is 5.69 Å². The number of imide groups is 1. The van der Waals surface area contributed by atoms with Crippen LogP contribution in [0.25, 0.3) is 0 Å². The number of nitrogens with one attached hydrogen (secondary N) is 1. The van der Waals surface area contributed by atoms with Gasteiger partial charge >= 0.3 is 0 Å². The van der Waals surface area contributed by atoms with Crippen molar-refractivity contribution in [2.45, 2.75) is 20.4 Å². The van der Waals surface area contributed by atoms with Crippen molar-refractivity contribution in [1.82, 2.24) is 4.90 Å². The third-order valence-electron chi connectivity index (χ3n) is 4.53. The molecule has 2 aromatic rings. The van der Waals surface area contributed by atoms with Gasteiger partial charge in [0.2, 0.25) is 0 Å². The lowest BCUT2D eigenvalue weighted by Crippen LogP contribution is -2.42. The third-order valence-corrected chi connectivity index (χ3v) is 4.53. The Labute approximate surface area is 163 Å². The predicted molar refractivity (Wildman–Crippen MR) is 105 cm³/mol. The molecule has 2 aromatic carbocycles. The van der Waals surface area contributed by atoms with Crippen LogP contribution in [-0.4, -0.2) is 21.8 Å². The summed E-state index contributed by atoms with van der Waals surface area (Å²) in [5.74, 6) is -1.07. The second-order valence-corrected chi connectivity index (χ2v) is 6.52. The predicted octanol–water partition coefficient (Wildman–Crippen LogP) is 3.41. The second kappa shape index (κ2) is 7.80. The van der Waals surface area contributed by atoms with Gasteiger partial charge in [-0.25, -0.2) is 0 Å². The topological polar surface area (TPSA) is 93.4 Å². The van der Waals surface area contributed by atoms with E-state index in [0.29, 0.717) is 11.3 Å². The lowest BCUT2D eigenvalue weighted by Gasteiger charge is -2.27. The van der Waals surface area contributed by atoms with Gasteiger partial charge in [0.25, 0.3) is 11.8 Å². The zero-order valence-corrected chi connectivity index (χ0v) is 15.6. The minimum atomic E-state index is -0.607. The van der Waals surface area contributed by atoms with Gasteiger partial charge in [-0.15, -0.1) is 0 Å². The average Bonchev–Trinajstić information content (AvgIpc) is 2.69. The van der Waals surface area contributed by atoms with E-state index >= 15 is 0 Å². The molecule has 1 aliphatic rings. The maximum absolute atomic E-state index is 13.0. The number of carbonyl (C=O) groups is 2. The molecular weight excluding hydrogens is 354 g/mol. The van der Waals surface area contributed by atoms with Crippen LogP contribution >= 0.6 is 0 Å². The van der Waals surface area contributed by atoms with E-state index < -0.39 is 11.8 Å². The van der Waals surface area contributed by atoms with E-state index in [0.717, 1.165) is 16.0 Å². The highest BCUT2D eigenvalue weighted by atomic mass is 16.3. The Morgan fingerprint density at radius 2 is 1.82 bits per heavy atom. The molecule has 2 N–H and O–H groups in total. The fraction of sp³-hybridized carbons (Fsp3) is 0.136. The summed E-state index contributed by atoms with van der Waals surface area (Å²) in [6.07, 6.45) is 1.42. The summed E-state index contributed by atoms with van der Waals surface area (Å²) in [6.45, 7) is 3.52. The van der Waals surface area contributed by atoms with Gasteiger partial charge in [0.15, 0.2) is 0 Å². The summed E-state index contributed by atoms with van der Waals surface area (Å²) in [5, 5.41) is 22.3. The second-order valence-electron chi connectivity index (χ2n) is 6.52. The first-order valence-corrected chi connectivity index (χ1v) is 8.70. The van der Waals surface area contributed by atoms with E-state index in [4.69, 9.17) is 0 Å². The third kappa shape index (κ3) is 3.64. The van der Waals surface area contributed by atoms with Crippen LogP contribution in [0.15, 0.2) is 71.5 Å². The Kier molecular flexibility index (Phi) is 5.28. The highest BCUT2D eigenvalue weighted by Gasteiger charge is 2.35. The molecule has 0 aliphatic carbocycles. The molecule has 0 saturated heterocycles. The lowest BCUT2D eigenvalue weighted by molar-refractivity contribution is -0.141. The molecule has 0 saturated carbocycles. The Bertz CT molecular complexity index is 1050. The standard InChI is InChI=1S/C22H19N3O3/c1-14-8-9-20(26)19(10-14)24-12-18-15(2)17(11-23)21(27)25(22(18)28)13-16-6-4-3-5-7-16/h3-10,12,24,26H,13H2,1-2H3. The van der Waals surface area contributed by atoms with Crippen molar-refractivity contribution in [2.24, 2.45) is 0 Å². The van der Waals surface area contributed by atoms with Gasteiger partial charge in [0.05, 0.1) is 17.8 Å². The highest BCUT2D eigenvalue weighted by Crippen LogP contribution is 2.28. The molecule has 0 aromatic heterocycles. The summed E-state index contributed by atoms with van der Waals surface area (Å²) in [4.78, 5) is 26.7. The SMILES string of the molecule is CC1=C(C#N)C(=O)N(Cc2ccccc2)C(=O)C1=CNc1cc(C)ccc1O. The zero-order chi connectivity index (χ0) is 20.3. The Morgan fingerprint density at radius 3 is 2.50 bits per heavy atom. The first-order chi connectivity index (χ1) is 13.4.